The monoisotopic (exact) mass is 267 g/mol. The van der Waals surface area contributed by atoms with Gasteiger partial charge in [0.25, 0.3) is 0 Å². The predicted molar refractivity (Wildman–Crippen MR) is 76.7 cm³/mol. The maximum atomic E-state index is 9.81. The number of ether oxygens (including phenoxy) is 2. The van der Waals surface area contributed by atoms with Crippen molar-refractivity contribution in [2.45, 2.75) is 32.4 Å². The molecule has 4 heteroatoms. The van der Waals surface area contributed by atoms with Crippen molar-refractivity contribution in [2.75, 3.05) is 26.9 Å². The van der Waals surface area contributed by atoms with Crippen molar-refractivity contribution in [2.24, 2.45) is 0 Å². The van der Waals surface area contributed by atoms with Gasteiger partial charge in [0.1, 0.15) is 18.5 Å². The third-order valence-corrected chi connectivity index (χ3v) is 2.74. The third-order valence-electron chi connectivity index (χ3n) is 2.74. The van der Waals surface area contributed by atoms with Crippen LogP contribution in [-0.4, -0.2) is 44.1 Å². The molecule has 0 spiro atoms. The van der Waals surface area contributed by atoms with Gasteiger partial charge in [-0.1, -0.05) is 32.0 Å². The van der Waals surface area contributed by atoms with Gasteiger partial charge in [0.15, 0.2) is 0 Å². The van der Waals surface area contributed by atoms with Crippen LogP contribution in [-0.2, 0) is 11.2 Å². The molecule has 0 heterocycles. The molecular weight excluding hydrogens is 242 g/mol. The molecule has 4 nitrogen and oxygen atoms in total. The van der Waals surface area contributed by atoms with Gasteiger partial charge in [0, 0.05) is 19.7 Å². The van der Waals surface area contributed by atoms with E-state index in [9.17, 15) is 5.11 Å². The van der Waals surface area contributed by atoms with Crippen LogP contribution in [0.2, 0.25) is 0 Å². The maximum absolute atomic E-state index is 9.81. The molecule has 0 amide bonds. The van der Waals surface area contributed by atoms with Crippen LogP contribution in [0.1, 0.15) is 19.4 Å². The summed E-state index contributed by atoms with van der Waals surface area (Å²) in [6.45, 7) is 5.60. The van der Waals surface area contributed by atoms with Crippen LogP contribution in [0.4, 0.5) is 0 Å². The number of nitrogens with one attached hydrogen (secondary N) is 1. The molecule has 1 aromatic carbocycles. The Balaban J connectivity index is 2.43. The van der Waals surface area contributed by atoms with E-state index in [0.717, 1.165) is 17.7 Å². The zero-order valence-corrected chi connectivity index (χ0v) is 12.1. The molecule has 0 aliphatic carbocycles. The molecule has 0 fully saturated rings. The first-order valence-corrected chi connectivity index (χ1v) is 6.74. The number of rotatable bonds is 9. The van der Waals surface area contributed by atoms with Crippen LogP contribution in [0.25, 0.3) is 0 Å². The SMILES string of the molecule is COCCc1ccccc1OC[C@@H](O)CNC(C)C. The molecule has 0 bridgehead atoms. The topological polar surface area (TPSA) is 50.7 Å². The van der Waals surface area contributed by atoms with Gasteiger partial charge in [-0.2, -0.15) is 0 Å². The molecule has 1 aromatic rings. The highest BCUT2D eigenvalue weighted by Crippen LogP contribution is 2.18. The largest absolute Gasteiger partial charge is 0.491 e. The van der Waals surface area contributed by atoms with E-state index in [1.807, 2.05) is 38.1 Å². The lowest BCUT2D eigenvalue weighted by atomic mass is 10.1. The molecule has 0 radical (unpaired) electrons. The third kappa shape index (κ3) is 6.57. The molecule has 1 atom stereocenters. The molecule has 0 saturated heterocycles. The fraction of sp³-hybridized carbons (Fsp3) is 0.600. The van der Waals surface area contributed by atoms with Crippen molar-refractivity contribution in [1.82, 2.24) is 5.32 Å². The summed E-state index contributed by atoms with van der Waals surface area (Å²) in [6.07, 6.45) is 0.311. The molecule has 0 aliphatic rings. The molecule has 19 heavy (non-hydrogen) atoms. The molecule has 0 aliphatic heterocycles. The normalized spacial score (nSPS) is 12.7. The number of para-hydroxylation sites is 1. The van der Waals surface area contributed by atoms with Gasteiger partial charge in [0.2, 0.25) is 0 Å². The van der Waals surface area contributed by atoms with Crippen LogP contribution in [0.15, 0.2) is 24.3 Å². The highest BCUT2D eigenvalue weighted by molar-refractivity contribution is 5.33. The minimum absolute atomic E-state index is 0.295. The highest BCUT2D eigenvalue weighted by Gasteiger charge is 2.08. The molecule has 0 saturated carbocycles. The molecule has 1 rings (SSSR count). The summed E-state index contributed by atoms with van der Waals surface area (Å²) in [4.78, 5) is 0. The number of aliphatic hydroxyl groups is 1. The van der Waals surface area contributed by atoms with Gasteiger partial charge in [-0.05, 0) is 18.1 Å². The number of aliphatic hydroxyl groups excluding tert-OH is 1. The van der Waals surface area contributed by atoms with Crippen molar-refractivity contribution in [3.63, 3.8) is 0 Å². The van der Waals surface area contributed by atoms with Crippen LogP contribution >= 0.6 is 0 Å². The first-order valence-electron chi connectivity index (χ1n) is 6.74. The van der Waals surface area contributed by atoms with Gasteiger partial charge < -0.3 is 19.9 Å². The Bertz CT molecular complexity index is 355. The van der Waals surface area contributed by atoms with E-state index >= 15 is 0 Å². The smallest absolute Gasteiger partial charge is 0.122 e. The Morgan fingerprint density at radius 3 is 2.68 bits per heavy atom. The van der Waals surface area contributed by atoms with E-state index in [4.69, 9.17) is 9.47 Å². The van der Waals surface area contributed by atoms with E-state index in [1.54, 1.807) is 7.11 Å². The second-order valence-corrected chi connectivity index (χ2v) is 4.88. The Labute approximate surface area is 115 Å². The summed E-state index contributed by atoms with van der Waals surface area (Å²) >= 11 is 0. The van der Waals surface area contributed by atoms with E-state index in [0.29, 0.717) is 25.8 Å². The Kier molecular flexibility index (Phi) is 7.48. The average Bonchev–Trinajstić information content (AvgIpc) is 2.41. The van der Waals surface area contributed by atoms with E-state index in [-0.39, 0.29) is 0 Å². The lowest BCUT2D eigenvalue weighted by Crippen LogP contribution is -2.35. The van der Waals surface area contributed by atoms with Crippen LogP contribution in [0, 0.1) is 0 Å². The fourth-order valence-electron chi connectivity index (χ4n) is 1.68. The Morgan fingerprint density at radius 2 is 2.00 bits per heavy atom. The quantitative estimate of drug-likeness (QED) is 0.714. The fourth-order valence-corrected chi connectivity index (χ4v) is 1.68. The van der Waals surface area contributed by atoms with Gasteiger partial charge in [0.05, 0.1) is 6.61 Å². The van der Waals surface area contributed by atoms with E-state index < -0.39 is 6.10 Å². The minimum Gasteiger partial charge on any atom is -0.491 e. The first kappa shape index (κ1) is 16.0. The van der Waals surface area contributed by atoms with Crippen molar-refractivity contribution < 1.29 is 14.6 Å². The lowest BCUT2D eigenvalue weighted by molar-refractivity contribution is 0.104. The van der Waals surface area contributed by atoms with Crippen molar-refractivity contribution in [3.05, 3.63) is 29.8 Å². The summed E-state index contributed by atoms with van der Waals surface area (Å²) < 4.78 is 10.8. The predicted octanol–water partition coefficient (Wildman–Crippen LogP) is 1.61. The molecule has 108 valence electrons. The number of benzene rings is 1. The van der Waals surface area contributed by atoms with Gasteiger partial charge in [-0.3, -0.25) is 0 Å². The summed E-state index contributed by atoms with van der Waals surface area (Å²) in [5, 5.41) is 13.0. The van der Waals surface area contributed by atoms with Crippen molar-refractivity contribution in [1.29, 1.82) is 0 Å². The van der Waals surface area contributed by atoms with Crippen molar-refractivity contribution >= 4 is 0 Å². The van der Waals surface area contributed by atoms with Crippen LogP contribution in [0.5, 0.6) is 5.75 Å². The summed E-state index contributed by atoms with van der Waals surface area (Å²) in [5.41, 5.74) is 1.10. The van der Waals surface area contributed by atoms with E-state index in [1.165, 1.54) is 0 Å². The number of methoxy groups -OCH3 is 1. The number of hydrogen-bond acceptors (Lipinski definition) is 4. The maximum Gasteiger partial charge on any atom is 0.122 e. The molecule has 0 unspecified atom stereocenters. The second-order valence-electron chi connectivity index (χ2n) is 4.88. The lowest BCUT2D eigenvalue weighted by Gasteiger charge is -2.16. The van der Waals surface area contributed by atoms with Gasteiger partial charge in [-0.25, -0.2) is 0 Å². The first-order chi connectivity index (χ1) is 9.13. The molecule has 0 aromatic heterocycles. The second kappa shape index (κ2) is 8.91. The molecular formula is C15H25NO3. The Hall–Kier alpha value is -1.10. The molecule has 2 N–H and O–H groups in total. The standard InChI is InChI=1S/C15H25NO3/c1-12(2)16-10-14(17)11-19-15-7-5-4-6-13(15)8-9-18-3/h4-7,12,14,16-17H,8-11H2,1-3H3/t14-/m0/s1. The minimum atomic E-state index is -0.502. The summed E-state index contributed by atoms with van der Waals surface area (Å²) in [5.74, 6) is 0.822. The van der Waals surface area contributed by atoms with E-state index in [2.05, 4.69) is 5.32 Å². The van der Waals surface area contributed by atoms with Crippen molar-refractivity contribution in [3.8, 4) is 5.75 Å². The summed E-state index contributed by atoms with van der Waals surface area (Å²) in [7, 11) is 1.69. The number of hydrogen-bond donors (Lipinski definition) is 2. The average molecular weight is 267 g/mol. The highest BCUT2D eigenvalue weighted by atomic mass is 16.5. The van der Waals surface area contributed by atoms with Gasteiger partial charge in [-0.15, -0.1) is 0 Å². The zero-order chi connectivity index (χ0) is 14.1. The van der Waals surface area contributed by atoms with Gasteiger partial charge >= 0.3 is 0 Å². The zero-order valence-electron chi connectivity index (χ0n) is 12.1. The summed E-state index contributed by atoms with van der Waals surface area (Å²) in [6, 6.07) is 8.23. The van der Waals surface area contributed by atoms with Crippen LogP contribution in [0.3, 0.4) is 0 Å². The Morgan fingerprint density at radius 1 is 1.26 bits per heavy atom. The van der Waals surface area contributed by atoms with Crippen LogP contribution < -0.4 is 10.1 Å².